The van der Waals surface area contributed by atoms with Crippen molar-refractivity contribution in [2.45, 2.75) is 26.0 Å². The second kappa shape index (κ2) is 6.88. The van der Waals surface area contributed by atoms with Gasteiger partial charge in [0, 0.05) is 39.8 Å². The van der Waals surface area contributed by atoms with Crippen molar-refractivity contribution < 1.29 is 4.74 Å². The highest BCUT2D eigenvalue weighted by molar-refractivity contribution is 5.24. The van der Waals surface area contributed by atoms with Gasteiger partial charge in [0.15, 0.2) is 0 Å². The van der Waals surface area contributed by atoms with Crippen molar-refractivity contribution in [2.24, 2.45) is 0 Å². The van der Waals surface area contributed by atoms with E-state index in [9.17, 15) is 0 Å². The highest BCUT2D eigenvalue weighted by Gasteiger charge is 2.10. The predicted molar refractivity (Wildman–Crippen MR) is 74.8 cm³/mol. The maximum atomic E-state index is 5.33. The van der Waals surface area contributed by atoms with E-state index in [2.05, 4.69) is 41.4 Å². The Morgan fingerprint density at radius 3 is 2.72 bits per heavy atom. The molecular formula is C15H24N2O. The minimum Gasteiger partial charge on any atom is -0.381 e. The molecule has 0 amide bonds. The minimum atomic E-state index is 0.291. The van der Waals surface area contributed by atoms with Gasteiger partial charge in [0.1, 0.15) is 0 Å². The zero-order valence-corrected chi connectivity index (χ0v) is 11.5. The first-order valence-electron chi connectivity index (χ1n) is 6.81. The van der Waals surface area contributed by atoms with Crippen LogP contribution in [0.15, 0.2) is 24.3 Å². The number of methoxy groups -OCH3 is 1. The van der Waals surface area contributed by atoms with E-state index in [0.29, 0.717) is 6.10 Å². The summed E-state index contributed by atoms with van der Waals surface area (Å²) in [6.07, 6.45) is 1.28. The van der Waals surface area contributed by atoms with Crippen LogP contribution in [0.5, 0.6) is 0 Å². The van der Waals surface area contributed by atoms with Gasteiger partial charge >= 0.3 is 0 Å². The zero-order valence-electron chi connectivity index (χ0n) is 11.5. The number of ether oxygens (including phenoxy) is 1. The molecule has 0 bridgehead atoms. The first-order chi connectivity index (χ1) is 8.78. The summed E-state index contributed by atoms with van der Waals surface area (Å²) < 4.78 is 5.33. The van der Waals surface area contributed by atoms with E-state index < -0.39 is 0 Å². The van der Waals surface area contributed by atoms with E-state index >= 15 is 0 Å². The average Bonchev–Trinajstić information content (AvgIpc) is 2.40. The van der Waals surface area contributed by atoms with E-state index in [0.717, 1.165) is 39.1 Å². The summed E-state index contributed by atoms with van der Waals surface area (Å²) in [6, 6.07) is 8.90. The summed E-state index contributed by atoms with van der Waals surface area (Å²) in [5.74, 6) is 0. The van der Waals surface area contributed by atoms with Crippen LogP contribution in [0.4, 0.5) is 0 Å². The molecule has 1 atom stereocenters. The Kier molecular flexibility index (Phi) is 5.17. The molecule has 0 aromatic heterocycles. The highest BCUT2D eigenvalue weighted by Crippen LogP contribution is 2.11. The first kappa shape index (κ1) is 13.5. The van der Waals surface area contributed by atoms with E-state index in [-0.39, 0.29) is 0 Å². The summed E-state index contributed by atoms with van der Waals surface area (Å²) >= 11 is 0. The molecule has 3 nitrogen and oxygen atoms in total. The molecule has 0 radical (unpaired) electrons. The lowest BCUT2D eigenvalue weighted by Crippen LogP contribution is -2.42. The van der Waals surface area contributed by atoms with Gasteiger partial charge in [-0.05, 0) is 24.5 Å². The molecule has 1 aliphatic heterocycles. The van der Waals surface area contributed by atoms with E-state index in [4.69, 9.17) is 4.74 Å². The van der Waals surface area contributed by atoms with Crippen LogP contribution in [0, 0.1) is 0 Å². The van der Waals surface area contributed by atoms with Gasteiger partial charge in [-0.3, -0.25) is 4.90 Å². The molecule has 1 aliphatic rings. The lowest BCUT2D eigenvalue weighted by atomic mass is 10.1. The van der Waals surface area contributed by atoms with Crippen LogP contribution in [0.2, 0.25) is 0 Å². The Balaban J connectivity index is 1.93. The van der Waals surface area contributed by atoms with Crippen LogP contribution < -0.4 is 5.32 Å². The molecule has 1 N–H and O–H groups in total. The molecule has 1 aromatic carbocycles. The molecular weight excluding hydrogens is 224 g/mol. The van der Waals surface area contributed by atoms with Crippen molar-refractivity contribution in [2.75, 3.05) is 33.3 Å². The van der Waals surface area contributed by atoms with Crippen molar-refractivity contribution in [3.05, 3.63) is 35.4 Å². The monoisotopic (exact) mass is 248 g/mol. The van der Waals surface area contributed by atoms with E-state index in [1.54, 1.807) is 7.11 Å². The van der Waals surface area contributed by atoms with Gasteiger partial charge in [-0.1, -0.05) is 24.3 Å². The quantitative estimate of drug-likeness (QED) is 0.858. The third-order valence-electron chi connectivity index (χ3n) is 3.53. The molecule has 0 saturated carbocycles. The van der Waals surface area contributed by atoms with Crippen LogP contribution >= 0.6 is 0 Å². The van der Waals surface area contributed by atoms with Crippen LogP contribution in [0.3, 0.4) is 0 Å². The average molecular weight is 248 g/mol. The van der Waals surface area contributed by atoms with E-state index in [1.807, 2.05) is 0 Å². The standard InChI is InChI=1S/C15H24N2O/c1-13(18-2)10-14-4-3-5-15(11-14)12-17-8-6-16-7-9-17/h3-5,11,13,16H,6-10,12H2,1-2H3. The Morgan fingerprint density at radius 2 is 2.00 bits per heavy atom. The van der Waals surface area contributed by atoms with Crippen LogP contribution in [-0.4, -0.2) is 44.3 Å². The number of rotatable bonds is 5. The smallest absolute Gasteiger partial charge is 0.0583 e. The second-order valence-electron chi connectivity index (χ2n) is 5.10. The lowest BCUT2D eigenvalue weighted by Gasteiger charge is -2.27. The highest BCUT2D eigenvalue weighted by atomic mass is 16.5. The van der Waals surface area contributed by atoms with E-state index in [1.165, 1.54) is 11.1 Å². The minimum absolute atomic E-state index is 0.291. The fraction of sp³-hybridized carbons (Fsp3) is 0.600. The Hall–Kier alpha value is -0.900. The number of benzene rings is 1. The van der Waals surface area contributed by atoms with Gasteiger partial charge in [-0.15, -0.1) is 0 Å². The SMILES string of the molecule is COC(C)Cc1cccc(CN2CCNCC2)c1. The largest absolute Gasteiger partial charge is 0.381 e. The molecule has 1 aromatic rings. The number of hydrogen-bond donors (Lipinski definition) is 1. The molecule has 0 aliphatic carbocycles. The summed E-state index contributed by atoms with van der Waals surface area (Å²) in [6.45, 7) is 7.71. The van der Waals surface area contributed by atoms with Crippen molar-refractivity contribution in [3.63, 3.8) is 0 Å². The predicted octanol–water partition coefficient (Wildman–Crippen LogP) is 1.67. The molecule has 18 heavy (non-hydrogen) atoms. The molecule has 3 heteroatoms. The summed E-state index contributed by atoms with van der Waals surface area (Å²) in [4.78, 5) is 2.51. The Labute approximate surface area is 110 Å². The van der Waals surface area contributed by atoms with Gasteiger partial charge in [-0.25, -0.2) is 0 Å². The third kappa shape index (κ3) is 4.09. The molecule has 2 rings (SSSR count). The van der Waals surface area contributed by atoms with Gasteiger partial charge < -0.3 is 10.1 Å². The number of hydrogen-bond acceptors (Lipinski definition) is 3. The first-order valence-corrected chi connectivity index (χ1v) is 6.81. The summed E-state index contributed by atoms with van der Waals surface area (Å²) in [5, 5.41) is 3.39. The van der Waals surface area contributed by atoms with Gasteiger partial charge in [0.2, 0.25) is 0 Å². The van der Waals surface area contributed by atoms with Gasteiger partial charge in [-0.2, -0.15) is 0 Å². The zero-order chi connectivity index (χ0) is 12.8. The Morgan fingerprint density at radius 1 is 1.28 bits per heavy atom. The molecule has 1 heterocycles. The maximum absolute atomic E-state index is 5.33. The van der Waals surface area contributed by atoms with Crippen molar-refractivity contribution in [1.29, 1.82) is 0 Å². The lowest BCUT2D eigenvalue weighted by molar-refractivity contribution is 0.119. The topological polar surface area (TPSA) is 24.5 Å². The van der Waals surface area contributed by atoms with Crippen molar-refractivity contribution >= 4 is 0 Å². The van der Waals surface area contributed by atoms with Crippen LogP contribution in [0.1, 0.15) is 18.1 Å². The molecule has 0 spiro atoms. The van der Waals surface area contributed by atoms with Crippen LogP contribution in [0.25, 0.3) is 0 Å². The molecule has 1 saturated heterocycles. The van der Waals surface area contributed by atoms with Crippen molar-refractivity contribution in [1.82, 2.24) is 10.2 Å². The molecule has 100 valence electrons. The van der Waals surface area contributed by atoms with Crippen molar-refractivity contribution in [3.8, 4) is 0 Å². The van der Waals surface area contributed by atoms with Crippen LogP contribution in [-0.2, 0) is 17.7 Å². The fourth-order valence-electron chi connectivity index (χ4n) is 2.40. The number of nitrogens with one attached hydrogen (secondary N) is 1. The normalized spacial score (nSPS) is 18.8. The van der Waals surface area contributed by atoms with Gasteiger partial charge in [0.25, 0.3) is 0 Å². The van der Waals surface area contributed by atoms with Gasteiger partial charge in [0.05, 0.1) is 6.10 Å². The summed E-state index contributed by atoms with van der Waals surface area (Å²) in [5.41, 5.74) is 2.79. The maximum Gasteiger partial charge on any atom is 0.0583 e. The molecule has 1 unspecified atom stereocenters. The Bertz CT molecular complexity index is 361. The third-order valence-corrected chi connectivity index (χ3v) is 3.53. The number of piperazine rings is 1. The fourth-order valence-corrected chi connectivity index (χ4v) is 2.40. The number of nitrogens with zero attached hydrogens (tertiary/aromatic N) is 1. The summed E-state index contributed by atoms with van der Waals surface area (Å²) in [7, 11) is 1.77. The second-order valence-corrected chi connectivity index (χ2v) is 5.10. The molecule has 1 fully saturated rings.